The first-order valence-corrected chi connectivity index (χ1v) is 9.27. The summed E-state index contributed by atoms with van der Waals surface area (Å²) >= 11 is 6.32. The van der Waals surface area contributed by atoms with E-state index in [2.05, 4.69) is 15.4 Å². The number of aryl methyl sites for hydroxylation is 1. The highest BCUT2D eigenvalue weighted by Gasteiger charge is 2.29. The number of halogens is 4. The lowest BCUT2D eigenvalue weighted by Crippen LogP contribution is -2.23. The molecule has 1 N–H and O–H groups in total. The zero-order valence-corrected chi connectivity index (χ0v) is 17.0. The monoisotopic (exact) mass is 430 g/mol. The molecule has 2 aromatic heterocycles. The van der Waals surface area contributed by atoms with Gasteiger partial charge in [0.25, 0.3) is 0 Å². The molecule has 0 fully saturated rings. The van der Waals surface area contributed by atoms with Crippen LogP contribution in [0.25, 0.3) is 6.08 Å². The zero-order valence-electron chi connectivity index (χ0n) is 16.3. The third-order valence-electron chi connectivity index (χ3n) is 3.72. The van der Waals surface area contributed by atoms with Crippen LogP contribution in [0.5, 0.6) is 5.88 Å². The second kappa shape index (κ2) is 9.78. The molecule has 0 bridgehead atoms. The van der Waals surface area contributed by atoms with E-state index >= 15 is 0 Å². The van der Waals surface area contributed by atoms with Gasteiger partial charge in [-0.25, -0.2) is 4.98 Å². The Morgan fingerprint density at radius 1 is 1.41 bits per heavy atom. The SMILES string of the molecule is Cc1nn(CC(C)C)c(Cl)c1/C=C/C(=O)NCc1cccnc1OCC(F)(F)F. The average Bonchev–Trinajstić information content (AvgIpc) is 2.89. The highest BCUT2D eigenvalue weighted by molar-refractivity contribution is 6.31. The number of rotatable bonds is 8. The first-order chi connectivity index (χ1) is 13.6. The van der Waals surface area contributed by atoms with Crippen molar-refractivity contribution >= 4 is 23.6 Å². The number of carbonyl (C=O) groups is 1. The van der Waals surface area contributed by atoms with E-state index in [4.69, 9.17) is 16.3 Å². The highest BCUT2D eigenvalue weighted by Crippen LogP contribution is 2.22. The van der Waals surface area contributed by atoms with E-state index in [0.717, 1.165) is 0 Å². The summed E-state index contributed by atoms with van der Waals surface area (Å²) in [5.74, 6) is -0.258. The van der Waals surface area contributed by atoms with Crippen LogP contribution in [0.1, 0.15) is 30.7 Å². The molecule has 10 heteroatoms. The Morgan fingerprint density at radius 3 is 2.79 bits per heavy atom. The van der Waals surface area contributed by atoms with Crippen molar-refractivity contribution in [3.8, 4) is 5.88 Å². The van der Waals surface area contributed by atoms with Crippen LogP contribution < -0.4 is 10.1 Å². The first-order valence-electron chi connectivity index (χ1n) is 8.89. The van der Waals surface area contributed by atoms with Gasteiger partial charge in [-0.3, -0.25) is 9.48 Å². The van der Waals surface area contributed by atoms with E-state index in [1.807, 2.05) is 13.8 Å². The van der Waals surface area contributed by atoms with E-state index < -0.39 is 18.7 Å². The van der Waals surface area contributed by atoms with E-state index in [1.54, 1.807) is 23.7 Å². The molecule has 29 heavy (non-hydrogen) atoms. The summed E-state index contributed by atoms with van der Waals surface area (Å²) in [4.78, 5) is 15.9. The maximum atomic E-state index is 12.3. The number of alkyl halides is 3. The number of hydrogen-bond donors (Lipinski definition) is 1. The van der Waals surface area contributed by atoms with Gasteiger partial charge in [0, 0.05) is 36.5 Å². The highest BCUT2D eigenvalue weighted by atomic mass is 35.5. The van der Waals surface area contributed by atoms with Crippen LogP contribution in [-0.4, -0.2) is 33.5 Å². The standard InChI is InChI=1S/C19H22ClF3N4O2/c1-12(2)10-27-17(20)15(13(3)26-27)6-7-16(28)25-9-14-5-4-8-24-18(14)29-11-19(21,22)23/h4-8,12H,9-11H2,1-3H3,(H,25,28)/b7-6+. The van der Waals surface area contributed by atoms with Gasteiger partial charge in [-0.15, -0.1) is 0 Å². The van der Waals surface area contributed by atoms with Crippen molar-refractivity contribution in [2.75, 3.05) is 6.61 Å². The fourth-order valence-corrected chi connectivity index (χ4v) is 2.77. The molecule has 0 aliphatic heterocycles. The molecule has 0 saturated carbocycles. The van der Waals surface area contributed by atoms with Crippen LogP contribution in [-0.2, 0) is 17.9 Å². The summed E-state index contributed by atoms with van der Waals surface area (Å²) in [6.07, 6.45) is -0.308. The summed E-state index contributed by atoms with van der Waals surface area (Å²) in [5.41, 5.74) is 1.66. The predicted octanol–water partition coefficient (Wildman–Crippen LogP) is 4.17. The van der Waals surface area contributed by atoms with Gasteiger partial charge < -0.3 is 10.1 Å². The Hall–Kier alpha value is -2.55. The smallest absolute Gasteiger partial charge is 0.422 e. The van der Waals surface area contributed by atoms with Crippen LogP contribution >= 0.6 is 11.6 Å². The van der Waals surface area contributed by atoms with Crippen LogP contribution in [0.4, 0.5) is 13.2 Å². The van der Waals surface area contributed by atoms with Gasteiger partial charge >= 0.3 is 6.18 Å². The molecule has 2 rings (SSSR count). The summed E-state index contributed by atoms with van der Waals surface area (Å²) in [5, 5.41) is 7.39. The lowest BCUT2D eigenvalue weighted by Gasteiger charge is -2.12. The molecule has 1 amide bonds. The normalized spacial score (nSPS) is 12.0. The third kappa shape index (κ3) is 7.08. The number of aromatic nitrogens is 3. The maximum absolute atomic E-state index is 12.3. The molecule has 2 aromatic rings. The van der Waals surface area contributed by atoms with Crippen molar-refractivity contribution in [3.63, 3.8) is 0 Å². The minimum Gasteiger partial charge on any atom is -0.468 e. The molecule has 0 aromatic carbocycles. The minimum absolute atomic E-state index is 0.0382. The Bertz CT molecular complexity index is 879. The molecule has 0 spiro atoms. The van der Waals surface area contributed by atoms with E-state index in [9.17, 15) is 18.0 Å². The molecular weight excluding hydrogens is 409 g/mol. The van der Waals surface area contributed by atoms with Crippen molar-refractivity contribution in [1.82, 2.24) is 20.1 Å². The van der Waals surface area contributed by atoms with Gasteiger partial charge in [0.15, 0.2) is 6.61 Å². The number of nitrogens with one attached hydrogen (secondary N) is 1. The molecule has 6 nitrogen and oxygen atoms in total. The molecule has 0 radical (unpaired) electrons. The van der Waals surface area contributed by atoms with Gasteiger partial charge in [0.05, 0.1) is 5.69 Å². The summed E-state index contributed by atoms with van der Waals surface area (Å²) < 4.78 is 43.4. The fraction of sp³-hybridized carbons (Fsp3) is 0.421. The summed E-state index contributed by atoms with van der Waals surface area (Å²) in [6.45, 7) is 5.04. The fourth-order valence-electron chi connectivity index (χ4n) is 2.46. The molecule has 0 unspecified atom stereocenters. The first kappa shape index (κ1) is 22.7. The van der Waals surface area contributed by atoms with E-state index in [0.29, 0.717) is 34.4 Å². The number of hydrogen-bond acceptors (Lipinski definition) is 4. The van der Waals surface area contributed by atoms with Crippen LogP contribution in [0.2, 0.25) is 5.15 Å². The van der Waals surface area contributed by atoms with Crippen LogP contribution in [0, 0.1) is 12.8 Å². The third-order valence-corrected chi connectivity index (χ3v) is 4.12. The Labute approximate surface area is 171 Å². The Kier molecular flexibility index (Phi) is 7.66. The maximum Gasteiger partial charge on any atom is 0.422 e. The molecule has 0 atom stereocenters. The van der Waals surface area contributed by atoms with Crippen molar-refractivity contribution in [3.05, 3.63) is 46.4 Å². The predicted molar refractivity (Wildman–Crippen MR) is 103 cm³/mol. The number of nitrogens with zero attached hydrogens (tertiary/aromatic N) is 3. The van der Waals surface area contributed by atoms with E-state index in [-0.39, 0.29) is 12.4 Å². The number of ether oxygens (including phenoxy) is 1. The Balaban J connectivity index is 2.00. The zero-order chi connectivity index (χ0) is 21.6. The number of carbonyl (C=O) groups excluding carboxylic acids is 1. The number of pyridine rings is 1. The van der Waals surface area contributed by atoms with E-state index in [1.165, 1.54) is 18.3 Å². The molecule has 2 heterocycles. The lowest BCUT2D eigenvalue weighted by atomic mass is 10.2. The van der Waals surface area contributed by atoms with Crippen molar-refractivity contribution in [2.45, 2.75) is 40.0 Å². The second-order valence-electron chi connectivity index (χ2n) is 6.79. The van der Waals surface area contributed by atoms with Crippen molar-refractivity contribution in [2.24, 2.45) is 5.92 Å². The molecule has 0 saturated heterocycles. The average molecular weight is 431 g/mol. The lowest BCUT2D eigenvalue weighted by molar-refractivity contribution is -0.154. The van der Waals surface area contributed by atoms with Gasteiger partial charge in [-0.2, -0.15) is 18.3 Å². The molecule has 0 aliphatic rings. The molecular formula is C19H22ClF3N4O2. The van der Waals surface area contributed by atoms with Gasteiger partial charge in [-0.05, 0) is 25.0 Å². The topological polar surface area (TPSA) is 69.0 Å². The van der Waals surface area contributed by atoms with Gasteiger partial charge in [0.2, 0.25) is 11.8 Å². The molecule has 0 aliphatic carbocycles. The Morgan fingerprint density at radius 2 is 2.14 bits per heavy atom. The van der Waals surface area contributed by atoms with Crippen LogP contribution in [0.3, 0.4) is 0 Å². The van der Waals surface area contributed by atoms with Crippen molar-refractivity contribution in [1.29, 1.82) is 0 Å². The largest absolute Gasteiger partial charge is 0.468 e. The van der Waals surface area contributed by atoms with Crippen molar-refractivity contribution < 1.29 is 22.7 Å². The summed E-state index contributed by atoms with van der Waals surface area (Å²) in [6, 6.07) is 3.07. The van der Waals surface area contributed by atoms with Crippen LogP contribution in [0.15, 0.2) is 24.4 Å². The summed E-state index contributed by atoms with van der Waals surface area (Å²) in [7, 11) is 0. The van der Waals surface area contributed by atoms with Gasteiger partial charge in [0.1, 0.15) is 5.15 Å². The minimum atomic E-state index is -4.47. The molecule has 158 valence electrons. The van der Waals surface area contributed by atoms with Gasteiger partial charge in [-0.1, -0.05) is 31.5 Å². The number of amides is 1. The second-order valence-corrected chi connectivity index (χ2v) is 7.15. The quantitative estimate of drug-likeness (QED) is 0.638.